The van der Waals surface area contributed by atoms with Crippen LogP contribution in [-0.4, -0.2) is 12.5 Å². The van der Waals surface area contributed by atoms with Crippen molar-refractivity contribution in [3.05, 3.63) is 56.1 Å². The van der Waals surface area contributed by atoms with Crippen LogP contribution in [0.5, 0.6) is 5.75 Å². The van der Waals surface area contributed by atoms with Gasteiger partial charge in [0.2, 0.25) is 0 Å². The molecule has 21 heavy (non-hydrogen) atoms. The Labute approximate surface area is 142 Å². The number of amides is 1. The molecule has 2 aromatic rings. The number of anilines is 1. The van der Waals surface area contributed by atoms with E-state index in [2.05, 4.69) is 34.0 Å². The summed E-state index contributed by atoms with van der Waals surface area (Å²) in [6, 6.07) is 11.3. The van der Waals surface area contributed by atoms with Gasteiger partial charge in [0, 0.05) is 3.57 Å². The Kier molecular flexibility index (Phi) is 5.47. The van der Waals surface area contributed by atoms with Crippen LogP contribution in [0.15, 0.2) is 36.4 Å². The minimum atomic E-state index is -0.239. The third-order valence-corrected chi connectivity index (χ3v) is 3.75. The minimum absolute atomic E-state index is 0.0504. The van der Waals surface area contributed by atoms with E-state index in [1.807, 2.05) is 32.0 Å². The summed E-state index contributed by atoms with van der Waals surface area (Å²) in [6.45, 7) is 3.93. The molecule has 0 aliphatic rings. The first kappa shape index (κ1) is 16.1. The number of ether oxygens (including phenoxy) is 1. The second-order valence-electron chi connectivity index (χ2n) is 4.78. The van der Waals surface area contributed by atoms with Gasteiger partial charge in [-0.05, 0) is 77.9 Å². The lowest BCUT2D eigenvalue weighted by Gasteiger charge is -2.10. The smallest absolute Gasteiger partial charge is 0.262 e. The SMILES string of the molecule is Cc1cc(C)cc(OCC(=O)Nc2ccc(I)cc2Cl)c1. The monoisotopic (exact) mass is 415 g/mol. The molecule has 0 aliphatic heterocycles. The maximum atomic E-state index is 11.9. The van der Waals surface area contributed by atoms with E-state index in [4.69, 9.17) is 16.3 Å². The number of carbonyl (C=O) groups excluding carboxylic acids is 1. The number of halogens is 2. The molecule has 0 aliphatic carbocycles. The van der Waals surface area contributed by atoms with E-state index in [0.717, 1.165) is 14.7 Å². The predicted octanol–water partition coefficient (Wildman–Crippen LogP) is 4.58. The van der Waals surface area contributed by atoms with Crippen LogP contribution in [0.25, 0.3) is 0 Å². The molecular weight excluding hydrogens is 401 g/mol. The number of nitrogens with one attached hydrogen (secondary N) is 1. The van der Waals surface area contributed by atoms with Gasteiger partial charge >= 0.3 is 0 Å². The van der Waals surface area contributed by atoms with Crippen LogP contribution in [-0.2, 0) is 4.79 Å². The number of rotatable bonds is 4. The lowest BCUT2D eigenvalue weighted by Crippen LogP contribution is -2.20. The molecule has 0 heterocycles. The maximum absolute atomic E-state index is 11.9. The molecular formula is C16H15ClINO2. The van der Waals surface area contributed by atoms with Gasteiger partial charge in [0.05, 0.1) is 10.7 Å². The fourth-order valence-corrected chi connectivity index (χ4v) is 2.85. The van der Waals surface area contributed by atoms with E-state index in [1.54, 1.807) is 12.1 Å². The molecule has 1 amide bonds. The first-order valence-electron chi connectivity index (χ1n) is 6.40. The zero-order valence-electron chi connectivity index (χ0n) is 11.7. The zero-order valence-corrected chi connectivity index (χ0v) is 14.7. The number of benzene rings is 2. The van der Waals surface area contributed by atoms with Crippen molar-refractivity contribution in [2.75, 3.05) is 11.9 Å². The van der Waals surface area contributed by atoms with Crippen LogP contribution in [0.2, 0.25) is 5.02 Å². The Morgan fingerprint density at radius 3 is 2.48 bits per heavy atom. The summed E-state index contributed by atoms with van der Waals surface area (Å²) in [5, 5.41) is 3.25. The van der Waals surface area contributed by atoms with Gasteiger partial charge in [-0.2, -0.15) is 0 Å². The lowest BCUT2D eigenvalue weighted by atomic mass is 10.1. The average molecular weight is 416 g/mol. The molecule has 5 heteroatoms. The van der Waals surface area contributed by atoms with E-state index in [-0.39, 0.29) is 12.5 Å². The number of carbonyl (C=O) groups is 1. The van der Waals surface area contributed by atoms with Gasteiger partial charge in [-0.25, -0.2) is 0 Å². The Morgan fingerprint density at radius 1 is 1.19 bits per heavy atom. The Morgan fingerprint density at radius 2 is 1.86 bits per heavy atom. The van der Waals surface area contributed by atoms with Crippen molar-refractivity contribution in [1.82, 2.24) is 0 Å². The minimum Gasteiger partial charge on any atom is -0.484 e. The zero-order chi connectivity index (χ0) is 15.4. The molecule has 0 bridgehead atoms. The van der Waals surface area contributed by atoms with Crippen molar-refractivity contribution in [2.45, 2.75) is 13.8 Å². The molecule has 2 rings (SSSR count). The lowest BCUT2D eigenvalue weighted by molar-refractivity contribution is -0.118. The molecule has 0 fully saturated rings. The summed E-state index contributed by atoms with van der Waals surface area (Å²) in [5.41, 5.74) is 2.79. The molecule has 0 aromatic heterocycles. The van der Waals surface area contributed by atoms with Gasteiger partial charge in [-0.3, -0.25) is 4.79 Å². The fourth-order valence-electron chi connectivity index (χ4n) is 1.94. The summed E-state index contributed by atoms with van der Waals surface area (Å²) >= 11 is 8.24. The first-order valence-corrected chi connectivity index (χ1v) is 7.86. The second kappa shape index (κ2) is 7.13. The topological polar surface area (TPSA) is 38.3 Å². The highest BCUT2D eigenvalue weighted by Crippen LogP contribution is 2.23. The highest BCUT2D eigenvalue weighted by Gasteiger charge is 2.07. The van der Waals surface area contributed by atoms with Gasteiger partial charge in [0.15, 0.2) is 6.61 Å². The molecule has 0 radical (unpaired) electrons. The van der Waals surface area contributed by atoms with E-state index in [1.165, 1.54) is 0 Å². The largest absolute Gasteiger partial charge is 0.484 e. The van der Waals surface area contributed by atoms with E-state index < -0.39 is 0 Å². The average Bonchev–Trinajstić information content (AvgIpc) is 2.39. The van der Waals surface area contributed by atoms with Crippen molar-refractivity contribution in [3.63, 3.8) is 0 Å². The van der Waals surface area contributed by atoms with Crippen molar-refractivity contribution in [1.29, 1.82) is 0 Å². The standard InChI is InChI=1S/C16H15ClINO2/c1-10-5-11(2)7-13(6-10)21-9-16(20)19-15-4-3-12(18)8-14(15)17/h3-8H,9H2,1-2H3,(H,19,20). The van der Waals surface area contributed by atoms with E-state index in [9.17, 15) is 4.79 Å². The Bertz CT molecular complexity index is 653. The van der Waals surface area contributed by atoms with Crippen molar-refractivity contribution >= 4 is 45.8 Å². The predicted molar refractivity (Wildman–Crippen MR) is 94.2 cm³/mol. The molecule has 1 N–H and O–H groups in total. The van der Waals surface area contributed by atoms with Gasteiger partial charge in [-0.15, -0.1) is 0 Å². The van der Waals surface area contributed by atoms with Gasteiger partial charge in [-0.1, -0.05) is 17.7 Å². The molecule has 2 aromatic carbocycles. The first-order chi connectivity index (χ1) is 9.94. The Hall–Kier alpha value is -1.27. The molecule has 0 saturated carbocycles. The van der Waals surface area contributed by atoms with Crippen LogP contribution in [0.3, 0.4) is 0 Å². The van der Waals surface area contributed by atoms with Crippen molar-refractivity contribution < 1.29 is 9.53 Å². The molecule has 0 atom stereocenters. The summed E-state index contributed by atoms with van der Waals surface area (Å²) < 4.78 is 6.52. The summed E-state index contributed by atoms with van der Waals surface area (Å²) in [4.78, 5) is 11.9. The van der Waals surface area contributed by atoms with Crippen LogP contribution in [0, 0.1) is 17.4 Å². The van der Waals surface area contributed by atoms with E-state index >= 15 is 0 Å². The third-order valence-electron chi connectivity index (χ3n) is 2.77. The molecule has 0 saturated heterocycles. The molecule has 110 valence electrons. The Balaban J connectivity index is 1.95. The summed E-state index contributed by atoms with van der Waals surface area (Å²) in [5.74, 6) is 0.452. The number of aryl methyl sites for hydroxylation is 2. The second-order valence-corrected chi connectivity index (χ2v) is 6.44. The van der Waals surface area contributed by atoms with Crippen LogP contribution < -0.4 is 10.1 Å². The highest BCUT2D eigenvalue weighted by atomic mass is 127. The van der Waals surface area contributed by atoms with Gasteiger partial charge < -0.3 is 10.1 Å². The molecule has 0 spiro atoms. The number of hydrogen-bond acceptors (Lipinski definition) is 2. The quantitative estimate of drug-likeness (QED) is 0.743. The van der Waals surface area contributed by atoms with E-state index in [0.29, 0.717) is 16.5 Å². The summed E-state index contributed by atoms with van der Waals surface area (Å²) in [7, 11) is 0. The highest BCUT2D eigenvalue weighted by molar-refractivity contribution is 14.1. The maximum Gasteiger partial charge on any atom is 0.262 e. The van der Waals surface area contributed by atoms with Gasteiger partial charge in [0.25, 0.3) is 5.91 Å². The molecule has 3 nitrogen and oxygen atoms in total. The van der Waals surface area contributed by atoms with Crippen molar-refractivity contribution in [3.8, 4) is 5.75 Å². The van der Waals surface area contributed by atoms with Crippen LogP contribution in [0.4, 0.5) is 5.69 Å². The van der Waals surface area contributed by atoms with Crippen molar-refractivity contribution in [2.24, 2.45) is 0 Å². The summed E-state index contributed by atoms with van der Waals surface area (Å²) in [6.07, 6.45) is 0. The van der Waals surface area contributed by atoms with Crippen LogP contribution in [0.1, 0.15) is 11.1 Å². The van der Waals surface area contributed by atoms with Gasteiger partial charge in [0.1, 0.15) is 5.75 Å². The molecule has 0 unspecified atom stereocenters. The normalized spacial score (nSPS) is 10.3. The fraction of sp³-hybridized carbons (Fsp3) is 0.188. The van der Waals surface area contributed by atoms with Crippen LogP contribution >= 0.6 is 34.2 Å². The number of hydrogen-bond donors (Lipinski definition) is 1. The third kappa shape index (κ3) is 4.89.